The number of halogens is 1. The Morgan fingerprint density at radius 2 is 2.00 bits per heavy atom. The van der Waals surface area contributed by atoms with E-state index < -0.39 is 10.8 Å². The summed E-state index contributed by atoms with van der Waals surface area (Å²) in [5.74, 6) is -0.391. The Morgan fingerprint density at radius 1 is 1.20 bits per heavy atom. The van der Waals surface area contributed by atoms with E-state index in [4.69, 9.17) is 11.6 Å². The molecule has 0 aliphatic heterocycles. The number of nitro benzene ring substituents is 1. The molecule has 0 aliphatic carbocycles. The van der Waals surface area contributed by atoms with Gasteiger partial charge in [0.1, 0.15) is 0 Å². The SMILES string of the molecule is O=C(NNc1nc(-c2cccc([N+](=O)[O-])c2)cs1)c1ccccc1Cl. The number of thiazole rings is 1. The summed E-state index contributed by atoms with van der Waals surface area (Å²) in [4.78, 5) is 26.8. The lowest BCUT2D eigenvalue weighted by molar-refractivity contribution is -0.384. The Labute approximate surface area is 151 Å². The molecular formula is C16H11ClN4O3S. The van der Waals surface area contributed by atoms with Crippen LogP contribution in [-0.4, -0.2) is 15.8 Å². The molecule has 0 bridgehead atoms. The normalized spacial score (nSPS) is 10.3. The number of hydrogen-bond acceptors (Lipinski definition) is 6. The van der Waals surface area contributed by atoms with Crippen molar-refractivity contribution >= 4 is 39.7 Å². The number of nitro groups is 1. The van der Waals surface area contributed by atoms with Crippen molar-refractivity contribution in [3.05, 3.63) is 74.6 Å². The topological polar surface area (TPSA) is 97.2 Å². The van der Waals surface area contributed by atoms with Gasteiger partial charge in [-0.2, -0.15) is 0 Å². The van der Waals surface area contributed by atoms with E-state index in [0.29, 0.717) is 27.0 Å². The van der Waals surface area contributed by atoms with Crippen molar-refractivity contribution in [2.75, 3.05) is 5.43 Å². The van der Waals surface area contributed by atoms with Crippen LogP contribution in [0, 0.1) is 10.1 Å². The van der Waals surface area contributed by atoms with Crippen LogP contribution in [0.2, 0.25) is 5.02 Å². The summed E-state index contributed by atoms with van der Waals surface area (Å²) in [6, 6.07) is 12.9. The molecule has 0 spiro atoms. The minimum absolute atomic E-state index is 0.00738. The predicted molar refractivity (Wildman–Crippen MR) is 96.7 cm³/mol. The fraction of sp³-hybridized carbons (Fsp3) is 0. The Kier molecular flexibility index (Phi) is 4.92. The summed E-state index contributed by atoms with van der Waals surface area (Å²) in [7, 11) is 0. The van der Waals surface area contributed by atoms with E-state index in [0.717, 1.165) is 0 Å². The highest BCUT2D eigenvalue weighted by molar-refractivity contribution is 7.14. The standard InChI is InChI=1S/C16H11ClN4O3S/c17-13-7-2-1-6-12(13)15(22)19-20-16-18-14(9-25-16)10-4-3-5-11(8-10)21(23)24/h1-9H,(H,18,20)(H,19,22). The number of carbonyl (C=O) groups is 1. The molecule has 0 unspecified atom stereocenters. The van der Waals surface area contributed by atoms with E-state index >= 15 is 0 Å². The summed E-state index contributed by atoms with van der Waals surface area (Å²) in [6.07, 6.45) is 0. The lowest BCUT2D eigenvalue weighted by Gasteiger charge is -2.06. The zero-order valence-corrected chi connectivity index (χ0v) is 14.2. The van der Waals surface area contributed by atoms with E-state index in [-0.39, 0.29) is 5.69 Å². The molecule has 126 valence electrons. The summed E-state index contributed by atoms with van der Waals surface area (Å²) in [5, 5.41) is 13.4. The van der Waals surface area contributed by atoms with Gasteiger partial charge in [0.25, 0.3) is 11.6 Å². The molecule has 0 fully saturated rings. The van der Waals surface area contributed by atoms with Crippen molar-refractivity contribution in [2.24, 2.45) is 0 Å². The molecule has 9 heteroatoms. The van der Waals surface area contributed by atoms with E-state index in [1.54, 1.807) is 41.8 Å². The van der Waals surface area contributed by atoms with Crippen molar-refractivity contribution < 1.29 is 9.72 Å². The number of anilines is 1. The molecule has 3 rings (SSSR count). The quantitative estimate of drug-likeness (QED) is 0.517. The Balaban J connectivity index is 1.70. The number of benzene rings is 2. The molecule has 25 heavy (non-hydrogen) atoms. The first-order valence-electron chi connectivity index (χ1n) is 7.06. The second kappa shape index (κ2) is 7.29. The maximum atomic E-state index is 12.1. The van der Waals surface area contributed by atoms with E-state index in [1.807, 2.05) is 0 Å². The minimum atomic E-state index is -0.459. The van der Waals surface area contributed by atoms with Crippen LogP contribution in [0.1, 0.15) is 10.4 Å². The number of carbonyl (C=O) groups excluding carboxylic acids is 1. The maximum absolute atomic E-state index is 12.1. The van der Waals surface area contributed by atoms with Crippen molar-refractivity contribution in [2.45, 2.75) is 0 Å². The van der Waals surface area contributed by atoms with Crippen LogP contribution in [0.5, 0.6) is 0 Å². The molecular weight excluding hydrogens is 364 g/mol. The minimum Gasteiger partial charge on any atom is -0.273 e. The number of rotatable bonds is 5. The fourth-order valence-corrected chi connectivity index (χ4v) is 2.96. The van der Waals surface area contributed by atoms with Gasteiger partial charge in [-0.25, -0.2) is 4.98 Å². The van der Waals surface area contributed by atoms with Crippen LogP contribution in [0.3, 0.4) is 0 Å². The third kappa shape index (κ3) is 3.93. The number of nitrogens with zero attached hydrogens (tertiary/aromatic N) is 2. The summed E-state index contributed by atoms with van der Waals surface area (Å²) in [5.41, 5.74) is 6.76. The molecule has 0 radical (unpaired) electrons. The van der Waals surface area contributed by atoms with Gasteiger partial charge in [-0.3, -0.25) is 25.8 Å². The molecule has 1 aromatic heterocycles. The predicted octanol–water partition coefficient (Wildman–Crippen LogP) is 4.13. The van der Waals surface area contributed by atoms with Gasteiger partial charge in [0, 0.05) is 23.1 Å². The lowest BCUT2D eigenvalue weighted by Crippen LogP contribution is -2.29. The fourth-order valence-electron chi connectivity index (χ4n) is 2.07. The first-order valence-corrected chi connectivity index (χ1v) is 8.31. The van der Waals surface area contributed by atoms with Gasteiger partial charge in [0.05, 0.1) is 21.2 Å². The molecule has 0 atom stereocenters. The molecule has 1 heterocycles. The molecule has 0 aliphatic rings. The Bertz CT molecular complexity index is 944. The Hall–Kier alpha value is -2.97. The van der Waals surface area contributed by atoms with E-state index in [9.17, 15) is 14.9 Å². The number of amides is 1. The van der Waals surface area contributed by atoms with Gasteiger partial charge in [0.2, 0.25) is 5.13 Å². The summed E-state index contributed by atoms with van der Waals surface area (Å²) < 4.78 is 0. The van der Waals surface area contributed by atoms with Crippen LogP contribution >= 0.6 is 22.9 Å². The van der Waals surface area contributed by atoms with Crippen LogP contribution in [0.15, 0.2) is 53.9 Å². The van der Waals surface area contributed by atoms with E-state index in [2.05, 4.69) is 15.8 Å². The summed E-state index contributed by atoms with van der Waals surface area (Å²) in [6.45, 7) is 0. The lowest BCUT2D eigenvalue weighted by atomic mass is 10.1. The van der Waals surface area contributed by atoms with Crippen molar-refractivity contribution in [3.63, 3.8) is 0 Å². The molecule has 3 aromatic rings. The van der Waals surface area contributed by atoms with Gasteiger partial charge >= 0.3 is 0 Å². The van der Waals surface area contributed by atoms with Crippen molar-refractivity contribution in [1.82, 2.24) is 10.4 Å². The van der Waals surface area contributed by atoms with Crippen molar-refractivity contribution in [3.8, 4) is 11.3 Å². The van der Waals surface area contributed by atoms with Gasteiger partial charge < -0.3 is 0 Å². The number of hydrogen-bond donors (Lipinski definition) is 2. The zero-order valence-electron chi connectivity index (χ0n) is 12.6. The molecule has 2 N–H and O–H groups in total. The maximum Gasteiger partial charge on any atom is 0.271 e. The highest BCUT2D eigenvalue weighted by atomic mass is 35.5. The number of hydrazine groups is 1. The molecule has 1 amide bonds. The largest absolute Gasteiger partial charge is 0.273 e. The van der Waals surface area contributed by atoms with Gasteiger partial charge in [-0.1, -0.05) is 35.9 Å². The zero-order chi connectivity index (χ0) is 17.8. The highest BCUT2D eigenvalue weighted by Gasteiger charge is 2.12. The third-order valence-electron chi connectivity index (χ3n) is 3.26. The number of aromatic nitrogens is 1. The third-order valence-corrected chi connectivity index (χ3v) is 4.35. The monoisotopic (exact) mass is 374 g/mol. The number of non-ortho nitro benzene ring substituents is 1. The van der Waals surface area contributed by atoms with Gasteiger partial charge in [-0.15, -0.1) is 11.3 Å². The summed E-state index contributed by atoms with van der Waals surface area (Å²) >= 11 is 7.23. The number of nitrogens with one attached hydrogen (secondary N) is 2. The van der Waals surface area contributed by atoms with Gasteiger partial charge in [-0.05, 0) is 12.1 Å². The smallest absolute Gasteiger partial charge is 0.271 e. The second-order valence-electron chi connectivity index (χ2n) is 4.90. The average molecular weight is 375 g/mol. The highest BCUT2D eigenvalue weighted by Crippen LogP contribution is 2.27. The van der Waals surface area contributed by atoms with Crippen LogP contribution in [0.4, 0.5) is 10.8 Å². The van der Waals surface area contributed by atoms with Crippen LogP contribution < -0.4 is 10.9 Å². The van der Waals surface area contributed by atoms with Crippen LogP contribution in [0.25, 0.3) is 11.3 Å². The average Bonchev–Trinajstić information content (AvgIpc) is 3.09. The first kappa shape index (κ1) is 16.9. The van der Waals surface area contributed by atoms with Gasteiger partial charge in [0.15, 0.2) is 0 Å². The van der Waals surface area contributed by atoms with E-state index in [1.165, 1.54) is 23.5 Å². The molecule has 7 nitrogen and oxygen atoms in total. The Morgan fingerprint density at radius 3 is 2.76 bits per heavy atom. The second-order valence-corrected chi connectivity index (χ2v) is 6.17. The van der Waals surface area contributed by atoms with Crippen LogP contribution in [-0.2, 0) is 0 Å². The molecule has 0 saturated carbocycles. The first-order chi connectivity index (χ1) is 12.0. The molecule has 0 saturated heterocycles. The molecule has 2 aromatic carbocycles. The van der Waals surface area contributed by atoms with Crippen molar-refractivity contribution in [1.29, 1.82) is 0 Å².